The number of hydrogen-bond donors (Lipinski definition) is 0. The number of benzene rings is 2. The van der Waals surface area contributed by atoms with E-state index in [4.69, 9.17) is 4.74 Å². The van der Waals surface area contributed by atoms with Crippen LogP contribution in [0.1, 0.15) is 27.0 Å². The van der Waals surface area contributed by atoms with Crippen LogP contribution in [0.4, 0.5) is 4.39 Å². The van der Waals surface area contributed by atoms with Crippen molar-refractivity contribution in [1.82, 2.24) is 0 Å². The molecule has 2 aromatic rings. The Morgan fingerprint density at radius 3 is 2.35 bits per heavy atom. The number of carbonyl (C=O) groups is 1. The lowest BCUT2D eigenvalue weighted by atomic mass is 10.1. The van der Waals surface area contributed by atoms with Crippen LogP contribution in [0.5, 0.6) is 5.75 Å². The molecule has 0 aliphatic carbocycles. The maximum Gasteiger partial charge on any atom is 0.200 e. The van der Waals surface area contributed by atoms with Gasteiger partial charge < -0.3 is 4.74 Å². The summed E-state index contributed by atoms with van der Waals surface area (Å²) < 4.78 is 18.7. The van der Waals surface area contributed by atoms with E-state index < -0.39 is 5.82 Å². The van der Waals surface area contributed by atoms with E-state index in [0.717, 1.165) is 22.4 Å². The van der Waals surface area contributed by atoms with Gasteiger partial charge >= 0.3 is 0 Å². The van der Waals surface area contributed by atoms with Gasteiger partial charge in [0.1, 0.15) is 11.6 Å². The summed E-state index contributed by atoms with van der Waals surface area (Å²) in [5.41, 5.74) is 3.47. The van der Waals surface area contributed by atoms with Crippen molar-refractivity contribution in [2.45, 2.75) is 20.8 Å². The van der Waals surface area contributed by atoms with Crippen LogP contribution < -0.4 is 4.74 Å². The van der Waals surface area contributed by atoms with Gasteiger partial charge in [0.2, 0.25) is 0 Å². The molecule has 0 aliphatic rings. The molecule has 0 N–H and O–H groups in total. The maximum atomic E-state index is 13.1. The fraction of sp³-hybridized carbons (Fsp3) is 0.235. The Balaban J connectivity index is 2.11. The molecule has 2 aromatic carbocycles. The molecular weight excluding hydrogens is 255 g/mol. The zero-order valence-corrected chi connectivity index (χ0v) is 11.9. The van der Waals surface area contributed by atoms with E-state index in [1.165, 1.54) is 18.2 Å². The van der Waals surface area contributed by atoms with Crippen molar-refractivity contribution in [2.75, 3.05) is 6.61 Å². The minimum atomic E-state index is -0.418. The molecule has 3 heteroatoms. The SMILES string of the molecule is Cc1cc(C)c(OCC(=O)c2cccc(F)c2)c(C)c1. The average molecular weight is 272 g/mol. The second kappa shape index (κ2) is 5.87. The quantitative estimate of drug-likeness (QED) is 0.786. The number of ether oxygens (including phenoxy) is 1. The lowest BCUT2D eigenvalue weighted by Gasteiger charge is -2.12. The fourth-order valence-electron chi connectivity index (χ4n) is 2.28. The maximum absolute atomic E-state index is 13.1. The normalized spacial score (nSPS) is 10.4. The first-order chi connectivity index (χ1) is 9.47. The number of halogens is 1. The Bertz CT molecular complexity index is 624. The fourth-order valence-corrected chi connectivity index (χ4v) is 2.28. The zero-order valence-electron chi connectivity index (χ0n) is 11.9. The lowest BCUT2D eigenvalue weighted by molar-refractivity contribution is 0.0920. The van der Waals surface area contributed by atoms with E-state index in [1.54, 1.807) is 6.07 Å². The summed E-state index contributed by atoms with van der Waals surface area (Å²) in [7, 11) is 0. The Morgan fingerprint density at radius 2 is 1.75 bits per heavy atom. The molecule has 0 saturated heterocycles. The standard InChI is InChI=1S/C17H17FO2/c1-11-7-12(2)17(13(3)8-11)20-10-16(19)14-5-4-6-15(18)9-14/h4-9H,10H2,1-3H3. The van der Waals surface area contributed by atoms with Crippen LogP contribution in [0.15, 0.2) is 36.4 Å². The molecule has 2 nitrogen and oxygen atoms in total. The van der Waals surface area contributed by atoms with Gasteiger partial charge in [-0.05, 0) is 44.0 Å². The van der Waals surface area contributed by atoms with E-state index in [-0.39, 0.29) is 12.4 Å². The Hall–Kier alpha value is -2.16. The van der Waals surface area contributed by atoms with Gasteiger partial charge in [-0.15, -0.1) is 0 Å². The minimum Gasteiger partial charge on any atom is -0.485 e. The Labute approximate surface area is 118 Å². The van der Waals surface area contributed by atoms with Gasteiger partial charge in [-0.2, -0.15) is 0 Å². The Kier molecular flexibility index (Phi) is 4.18. The molecular formula is C17H17FO2. The smallest absolute Gasteiger partial charge is 0.200 e. The largest absolute Gasteiger partial charge is 0.485 e. The van der Waals surface area contributed by atoms with Crippen LogP contribution in [-0.4, -0.2) is 12.4 Å². The summed E-state index contributed by atoms with van der Waals surface area (Å²) in [5, 5.41) is 0. The number of rotatable bonds is 4. The van der Waals surface area contributed by atoms with Crippen molar-refractivity contribution < 1.29 is 13.9 Å². The van der Waals surface area contributed by atoms with Gasteiger partial charge in [0, 0.05) is 5.56 Å². The lowest BCUT2D eigenvalue weighted by Crippen LogP contribution is -2.13. The number of hydrogen-bond acceptors (Lipinski definition) is 2. The highest BCUT2D eigenvalue weighted by Crippen LogP contribution is 2.24. The summed E-state index contributed by atoms with van der Waals surface area (Å²) in [6, 6.07) is 9.66. The molecule has 0 spiro atoms. The van der Waals surface area contributed by atoms with Gasteiger partial charge in [0.25, 0.3) is 0 Å². The van der Waals surface area contributed by atoms with Crippen molar-refractivity contribution in [2.24, 2.45) is 0 Å². The third-order valence-electron chi connectivity index (χ3n) is 3.10. The van der Waals surface area contributed by atoms with E-state index in [2.05, 4.69) is 0 Å². The summed E-state index contributed by atoms with van der Waals surface area (Å²) in [5.74, 6) is 0.0720. The van der Waals surface area contributed by atoms with Crippen molar-refractivity contribution in [3.05, 3.63) is 64.5 Å². The number of Topliss-reactive ketones (excluding diaryl/α,β-unsaturated/α-hetero) is 1. The van der Waals surface area contributed by atoms with E-state index in [9.17, 15) is 9.18 Å². The highest BCUT2D eigenvalue weighted by molar-refractivity contribution is 5.97. The van der Waals surface area contributed by atoms with E-state index in [1.807, 2.05) is 32.9 Å². The van der Waals surface area contributed by atoms with Gasteiger partial charge in [0.05, 0.1) is 0 Å². The average Bonchev–Trinajstić information content (AvgIpc) is 2.37. The van der Waals surface area contributed by atoms with Crippen molar-refractivity contribution in [3.63, 3.8) is 0 Å². The van der Waals surface area contributed by atoms with Crippen LogP contribution in [0, 0.1) is 26.6 Å². The van der Waals surface area contributed by atoms with Crippen LogP contribution in [0.3, 0.4) is 0 Å². The molecule has 0 heterocycles. The van der Waals surface area contributed by atoms with Gasteiger partial charge in [-0.1, -0.05) is 29.8 Å². The highest BCUT2D eigenvalue weighted by Gasteiger charge is 2.10. The van der Waals surface area contributed by atoms with Crippen LogP contribution in [0.2, 0.25) is 0 Å². The molecule has 0 amide bonds. The third kappa shape index (κ3) is 3.23. The van der Waals surface area contributed by atoms with Crippen LogP contribution in [0.25, 0.3) is 0 Å². The van der Waals surface area contributed by atoms with E-state index in [0.29, 0.717) is 5.56 Å². The zero-order chi connectivity index (χ0) is 14.7. The second-order valence-electron chi connectivity index (χ2n) is 4.95. The number of aryl methyl sites for hydroxylation is 3. The first-order valence-corrected chi connectivity index (χ1v) is 6.47. The summed E-state index contributed by atoms with van der Waals surface area (Å²) in [4.78, 5) is 12.0. The molecule has 0 unspecified atom stereocenters. The monoisotopic (exact) mass is 272 g/mol. The third-order valence-corrected chi connectivity index (χ3v) is 3.10. The van der Waals surface area contributed by atoms with Crippen LogP contribution >= 0.6 is 0 Å². The topological polar surface area (TPSA) is 26.3 Å². The summed E-state index contributed by atoms with van der Waals surface area (Å²) >= 11 is 0. The molecule has 104 valence electrons. The van der Waals surface area contributed by atoms with Crippen molar-refractivity contribution >= 4 is 5.78 Å². The second-order valence-corrected chi connectivity index (χ2v) is 4.95. The molecule has 20 heavy (non-hydrogen) atoms. The van der Waals surface area contributed by atoms with Crippen LogP contribution in [-0.2, 0) is 0 Å². The van der Waals surface area contributed by atoms with Gasteiger partial charge in [0.15, 0.2) is 12.4 Å². The molecule has 0 aromatic heterocycles. The molecule has 0 radical (unpaired) electrons. The summed E-state index contributed by atoms with van der Waals surface area (Å²) in [6.45, 7) is 5.82. The van der Waals surface area contributed by atoms with Gasteiger partial charge in [-0.25, -0.2) is 4.39 Å². The first kappa shape index (κ1) is 14.3. The predicted octanol–water partition coefficient (Wildman–Crippen LogP) is 4.01. The predicted molar refractivity (Wildman–Crippen MR) is 76.9 cm³/mol. The van der Waals surface area contributed by atoms with Crippen molar-refractivity contribution in [1.29, 1.82) is 0 Å². The first-order valence-electron chi connectivity index (χ1n) is 6.47. The number of ketones is 1. The highest BCUT2D eigenvalue weighted by atomic mass is 19.1. The molecule has 0 atom stereocenters. The molecule has 0 saturated carbocycles. The van der Waals surface area contributed by atoms with Crippen molar-refractivity contribution in [3.8, 4) is 5.75 Å². The summed E-state index contributed by atoms with van der Waals surface area (Å²) in [6.07, 6.45) is 0. The molecule has 0 aliphatic heterocycles. The molecule has 0 bridgehead atoms. The Morgan fingerprint density at radius 1 is 1.10 bits per heavy atom. The van der Waals surface area contributed by atoms with E-state index >= 15 is 0 Å². The molecule has 2 rings (SSSR count). The number of carbonyl (C=O) groups excluding carboxylic acids is 1. The van der Waals surface area contributed by atoms with Gasteiger partial charge in [-0.3, -0.25) is 4.79 Å². The molecule has 0 fully saturated rings. The minimum absolute atomic E-state index is 0.0891.